The lowest BCUT2D eigenvalue weighted by atomic mass is 10.2. The Morgan fingerprint density at radius 3 is 3.13 bits per heavy atom. The van der Waals surface area contributed by atoms with Crippen molar-refractivity contribution in [1.29, 1.82) is 0 Å². The number of aromatic nitrogens is 1. The van der Waals surface area contributed by atoms with Gasteiger partial charge >= 0.3 is 0 Å². The van der Waals surface area contributed by atoms with Gasteiger partial charge in [-0.3, -0.25) is 9.78 Å². The first kappa shape index (κ1) is 11.2. The van der Waals surface area contributed by atoms with Gasteiger partial charge in [0.05, 0.1) is 0 Å². The van der Waals surface area contributed by atoms with Crippen molar-refractivity contribution in [3.63, 3.8) is 0 Å². The second-order valence-electron chi connectivity index (χ2n) is 3.08. The van der Waals surface area contributed by atoms with Crippen molar-refractivity contribution in [1.82, 2.24) is 10.3 Å². The van der Waals surface area contributed by atoms with Crippen LogP contribution in [0.25, 0.3) is 6.08 Å². The van der Waals surface area contributed by atoms with Crippen LogP contribution in [0.2, 0.25) is 0 Å². The van der Waals surface area contributed by atoms with Crippen LogP contribution in [0.4, 0.5) is 0 Å². The van der Waals surface area contributed by atoms with Gasteiger partial charge in [-0.05, 0) is 24.6 Å². The molecule has 0 aromatic carbocycles. The molecule has 0 fully saturated rings. The van der Waals surface area contributed by atoms with Crippen molar-refractivity contribution >= 4 is 12.0 Å². The lowest BCUT2D eigenvalue weighted by Crippen LogP contribution is -2.20. The van der Waals surface area contributed by atoms with Crippen molar-refractivity contribution < 1.29 is 9.90 Å². The third-order valence-electron chi connectivity index (χ3n) is 1.78. The Labute approximate surface area is 88.7 Å². The number of hydrogen-bond acceptors (Lipinski definition) is 3. The number of nitrogens with zero attached hydrogens (tertiary/aromatic N) is 1. The van der Waals surface area contributed by atoms with Gasteiger partial charge in [0.25, 0.3) is 0 Å². The Hall–Kier alpha value is -1.84. The van der Waals surface area contributed by atoms with Crippen molar-refractivity contribution in [3.8, 4) is 5.75 Å². The SMILES string of the molecule is CC(=O)NCCC=Cc1ncccc1O. The van der Waals surface area contributed by atoms with Crippen LogP contribution in [0.1, 0.15) is 19.0 Å². The first-order valence-electron chi connectivity index (χ1n) is 4.75. The second-order valence-corrected chi connectivity index (χ2v) is 3.08. The van der Waals surface area contributed by atoms with E-state index in [-0.39, 0.29) is 11.7 Å². The van der Waals surface area contributed by atoms with E-state index in [0.29, 0.717) is 12.2 Å². The standard InChI is InChI=1S/C11H14N2O2/c1-9(14)12-7-3-2-5-10-11(15)6-4-8-13-10/h2,4-6,8,15H,3,7H2,1H3,(H,12,14). The summed E-state index contributed by atoms with van der Waals surface area (Å²) in [7, 11) is 0. The van der Waals surface area contributed by atoms with Crippen LogP contribution in [0.15, 0.2) is 24.4 Å². The highest BCUT2D eigenvalue weighted by molar-refractivity contribution is 5.72. The fraction of sp³-hybridized carbons (Fsp3) is 0.273. The van der Waals surface area contributed by atoms with Crippen molar-refractivity contribution in [2.24, 2.45) is 0 Å². The van der Waals surface area contributed by atoms with Gasteiger partial charge in [0.15, 0.2) is 0 Å². The van der Waals surface area contributed by atoms with E-state index in [9.17, 15) is 9.90 Å². The summed E-state index contributed by atoms with van der Waals surface area (Å²) in [5.74, 6) is 0.123. The number of carbonyl (C=O) groups is 1. The number of pyridine rings is 1. The Bertz CT molecular complexity index is 361. The maximum atomic E-state index is 10.5. The van der Waals surface area contributed by atoms with Gasteiger partial charge in [0.2, 0.25) is 5.91 Å². The fourth-order valence-electron chi connectivity index (χ4n) is 1.06. The molecule has 0 aliphatic rings. The molecule has 1 aromatic rings. The lowest BCUT2D eigenvalue weighted by molar-refractivity contribution is -0.118. The highest BCUT2D eigenvalue weighted by Gasteiger charge is 1.94. The molecule has 0 bridgehead atoms. The van der Waals surface area contributed by atoms with E-state index >= 15 is 0 Å². The quantitative estimate of drug-likeness (QED) is 0.730. The molecule has 0 aliphatic heterocycles. The summed E-state index contributed by atoms with van der Waals surface area (Å²) >= 11 is 0. The van der Waals surface area contributed by atoms with Crippen LogP contribution in [0.5, 0.6) is 5.75 Å². The number of amides is 1. The molecule has 1 aromatic heterocycles. The third-order valence-corrected chi connectivity index (χ3v) is 1.78. The Morgan fingerprint density at radius 1 is 1.67 bits per heavy atom. The molecule has 0 saturated carbocycles. The molecule has 0 atom stereocenters. The van der Waals surface area contributed by atoms with E-state index in [4.69, 9.17) is 0 Å². The van der Waals surface area contributed by atoms with E-state index < -0.39 is 0 Å². The Kier molecular flexibility index (Phi) is 4.34. The maximum absolute atomic E-state index is 10.5. The first-order chi connectivity index (χ1) is 7.20. The predicted octanol–water partition coefficient (Wildman–Crippen LogP) is 1.33. The number of nitrogens with one attached hydrogen (secondary N) is 1. The minimum absolute atomic E-state index is 0.0379. The van der Waals surface area contributed by atoms with Crippen molar-refractivity contribution in [2.45, 2.75) is 13.3 Å². The second kappa shape index (κ2) is 5.80. The summed E-state index contributed by atoms with van der Waals surface area (Å²) < 4.78 is 0. The van der Waals surface area contributed by atoms with Gasteiger partial charge in [0.1, 0.15) is 11.4 Å². The van der Waals surface area contributed by atoms with Crippen LogP contribution in [-0.4, -0.2) is 22.5 Å². The Balaban J connectivity index is 2.38. The summed E-state index contributed by atoms with van der Waals surface area (Å²) in [6.45, 7) is 2.08. The van der Waals surface area contributed by atoms with Crippen molar-refractivity contribution in [3.05, 3.63) is 30.1 Å². The monoisotopic (exact) mass is 206 g/mol. The summed E-state index contributed by atoms with van der Waals surface area (Å²) in [4.78, 5) is 14.5. The number of hydrogen-bond donors (Lipinski definition) is 2. The number of rotatable bonds is 4. The van der Waals surface area contributed by atoms with E-state index in [0.717, 1.165) is 6.42 Å². The van der Waals surface area contributed by atoms with Gasteiger partial charge in [-0.2, -0.15) is 0 Å². The largest absolute Gasteiger partial charge is 0.506 e. The number of carbonyl (C=O) groups excluding carboxylic acids is 1. The average molecular weight is 206 g/mol. The van der Waals surface area contributed by atoms with Gasteiger partial charge < -0.3 is 10.4 Å². The van der Waals surface area contributed by atoms with Gasteiger partial charge in [0, 0.05) is 19.7 Å². The molecule has 4 heteroatoms. The highest BCUT2D eigenvalue weighted by atomic mass is 16.3. The minimum Gasteiger partial charge on any atom is -0.506 e. The fourth-order valence-corrected chi connectivity index (χ4v) is 1.06. The smallest absolute Gasteiger partial charge is 0.216 e. The summed E-state index contributed by atoms with van der Waals surface area (Å²) in [6.07, 6.45) is 5.93. The molecule has 1 heterocycles. The van der Waals surface area contributed by atoms with E-state index in [1.54, 1.807) is 24.4 Å². The van der Waals surface area contributed by atoms with Crippen LogP contribution >= 0.6 is 0 Å². The molecule has 1 rings (SSSR count). The summed E-state index contributed by atoms with van der Waals surface area (Å²) in [5.41, 5.74) is 0.542. The normalized spacial score (nSPS) is 10.5. The van der Waals surface area contributed by atoms with Crippen LogP contribution in [0.3, 0.4) is 0 Å². The zero-order valence-electron chi connectivity index (χ0n) is 8.60. The summed E-state index contributed by atoms with van der Waals surface area (Å²) in [5, 5.41) is 12.0. The van der Waals surface area contributed by atoms with E-state index in [1.807, 2.05) is 6.08 Å². The molecule has 0 aliphatic carbocycles. The Morgan fingerprint density at radius 2 is 2.47 bits per heavy atom. The third kappa shape index (κ3) is 4.26. The van der Waals surface area contributed by atoms with Crippen LogP contribution in [-0.2, 0) is 4.79 Å². The molecule has 0 spiro atoms. The molecule has 0 unspecified atom stereocenters. The van der Waals surface area contributed by atoms with Gasteiger partial charge in [-0.15, -0.1) is 0 Å². The molecule has 15 heavy (non-hydrogen) atoms. The molecule has 0 radical (unpaired) electrons. The lowest BCUT2D eigenvalue weighted by Gasteiger charge is -1.98. The van der Waals surface area contributed by atoms with E-state index in [1.165, 1.54) is 6.92 Å². The van der Waals surface area contributed by atoms with Crippen LogP contribution in [0, 0.1) is 0 Å². The molecular formula is C11H14N2O2. The highest BCUT2D eigenvalue weighted by Crippen LogP contribution is 2.13. The molecule has 0 saturated heterocycles. The zero-order chi connectivity index (χ0) is 11.1. The van der Waals surface area contributed by atoms with E-state index in [2.05, 4.69) is 10.3 Å². The molecule has 1 amide bonds. The molecule has 4 nitrogen and oxygen atoms in total. The zero-order valence-corrected chi connectivity index (χ0v) is 8.60. The van der Waals surface area contributed by atoms with Gasteiger partial charge in [-0.25, -0.2) is 0 Å². The van der Waals surface area contributed by atoms with Crippen molar-refractivity contribution in [2.75, 3.05) is 6.54 Å². The molecular weight excluding hydrogens is 192 g/mol. The average Bonchev–Trinajstić information content (AvgIpc) is 2.20. The number of aromatic hydroxyl groups is 1. The maximum Gasteiger partial charge on any atom is 0.216 e. The predicted molar refractivity (Wildman–Crippen MR) is 58.2 cm³/mol. The van der Waals surface area contributed by atoms with Crippen LogP contribution < -0.4 is 5.32 Å². The topological polar surface area (TPSA) is 62.2 Å². The summed E-state index contributed by atoms with van der Waals surface area (Å²) in [6, 6.07) is 3.25. The molecule has 80 valence electrons. The molecule has 2 N–H and O–H groups in total. The first-order valence-corrected chi connectivity index (χ1v) is 4.75. The minimum atomic E-state index is -0.0379. The van der Waals surface area contributed by atoms with Gasteiger partial charge in [-0.1, -0.05) is 6.08 Å².